The van der Waals surface area contributed by atoms with Crippen molar-refractivity contribution in [1.82, 2.24) is 5.32 Å². The van der Waals surface area contributed by atoms with Crippen LogP contribution in [0.1, 0.15) is 62.5 Å². The molecule has 1 aliphatic carbocycles. The summed E-state index contributed by atoms with van der Waals surface area (Å²) in [6.45, 7) is 3.37. The zero-order valence-electron chi connectivity index (χ0n) is 13.3. The molecule has 0 amide bonds. The first-order chi connectivity index (χ1) is 10.4. The van der Waals surface area contributed by atoms with Gasteiger partial charge in [0.05, 0.1) is 0 Å². The average Bonchev–Trinajstić information content (AvgIpc) is 2.55. The number of thioether (sulfide) groups is 1. The van der Waals surface area contributed by atoms with Crippen molar-refractivity contribution in [3.05, 3.63) is 35.4 Å². The predicted octanol–water partition coefficient (Wildman–Crippen LogP) is 4.76. The lowest BCUT2D eigenvalue weighted by Gasteiger charge is -2.35. The second-order valence-corrected chi connectivity index (χ2v) is 7.94. The van der Waals surface area contributed by atoms with Crippen LogP contribution in [0.25, 0.3) is 0 Å². The fraction of sp³-hybridized carbons (Fsp3) is 0.684. The van der Waals surface area contributed by atoms with Gasteiger partial charge >= 0.3 is 0 Å². The number of rotatable bonds is 5. The van der Waals surface area contributed by atoms with Crippen molar-refractivity contribution in [3.8, 4) is 0 Å². The van der Waals surface area contributed by atoms with Gasteiger partial charge in [0.1, 0.15) is 0 Å². The van der Waals surface area contributed by atoms with Gasteiger partial charge in [0.25, 0.3) is 0 Å². The van der Waals surface area contributed by atoms with Crippen molar-refractivity contribution < 1.29 is 0 Å². The highest BCUT2D eigenvalue weighted by molar-refractivity contribution is 8.00. The summed E-state index contributed by atoms with van der Waals surface area (Å²) in [7, 11) is 0. The van der Waals surface area contributed by atoms with Crippen LogP contribution in [0, 0.1) is 0 Å². The smallest absolute Gasteiger partial charge is 0.0201 e. The molecule has 1 heterocycles. The molecule has 1 aromatic carbocycles. The molecular formula is C19H29NS. The molecule has 0 saturated carbocycles. The molecule has 1 aliphatic heterocycles. The lowest BCUT2D eigenvalue weighted by Crippen LogP contribution is -2.40. The molecule has 2 heteroatoms. The molecule has 3 unspecified atom stereocenters. The van der Waals surface area contributed by atoms with Crippen LogP contribution in [-0.4, -0.2) is 23.6 Å². The van der Waals surface area contributed by atoms with Crippen LogP contribution < -0.4 is 5.32 Å². The monoisotopic (exact) mass is 303 g/mol. The number of nitrogens with one attached hydrogen (secondary N) is 1. The predicted molar refractivity (Wildman–Crippen MR) is 94.3 cm³/mol. The van der Waals surface area contributed by atoms with Gasteiger partial charge in [0, 0.05) is 11.3 Å². The van der Waals surface area contributed by atoms with Crippen molar-refractivity contribution in [2.45, 2.75) is 69.1 Å². The van der Waals surface area contributed by atoms with E-state index >= 15 is 0 Å². The van der Waals surface area contributed by atoms with E-state index in [0.29, 0.717) is 6.04 Å². The first-order valence-corrected chi connectivity index (χ1v) is 9.86. The third kappa shape index (κ3) is 3.84. The molecule has 1 N–H and O–H groups in total. The Hall–Kier alpha value is -0.470. The number of fused-ring (bicyclic) bond motifs is 1. The molecule has 1 fully saturated rings. The highest BCUT2D eigenvalue weighted by atomic mass is 32.2. The quantitative estimate of drug-likeness (QED) is 0.841. The Balaban J connectivity index is 1.71. The zero-order valence-corrected chi connectivity index (χ0v) is 14.1. The second-order valence-electron chi connectivity index (χ2n) is 6.59. The van der Waals surface area contributed by atoms with Gasteiger partial charge in [-0.2, -0.15) is 11.8 Å². The van der Waals surface area contributed by atoms with E-state index in [-0.39, 0.29) is 0 Å². The van der Waals surface area contributed by atoms with E-state index in [1.165, 1.54) is 50.7 Å². The summed E-state index contributed by atoms with van der Waals surface area (Å²) in [5, 5.41) is 4.65. The van der Waals surface area contributed by atoms with Crippen LogP contribution in [-0.2, 0) is 6.42 Å². The van der Waals surface area contributed by atoms with Gasteiger partial charge < -0.3 is 5.32 Å². The molecule has 3 rings (SSSR count). The average molecular weight is 304 g/mol. The van der Waals surface area contributed by atoms with E-state index in [1.54, 1.807) is 11.1 Å². The molecule has 1 aromatic rings. The van der Waals surface area contributed by atoms with Gasteiger partial charge in [-0.3, -0.25) is 0 Å². The Kier molecular flexibility index (Phi) is 5.65. The lowest BCUT2D eigenvalue weighted by atomic mass is 9.79. The number of benzene rings is 1. The Morgan fingerprint density at radius 1 is 1.19 bits per heavy atom. The van der Waals surface area contributed by atoms with Crippen LogP contribution in [0.2, 0.25) is 0 Å². The van der Waals surface area contributed by atoms with Crippen molar-refractivity contribution in [2.24, 2.45) is 0 Å². The van der Waals surface area contributed by atoms with Gasteiger partial charge in [-0.25, -0.2) is 0 Å². The van der Waals surface area contributed by atoms with Crippen LogP contribution in [0.4, 0.5) is 0 Å². The van der Waals surface area contributed by atoms with Crippen LogP contribution >= 0.6 is 11.8 Å². The molecule has 0 spiro atoms. The van der Waals surface area contributed by atoms with E-state index in [1.807, 2.05) is 0 Å². The normalized spacial score (nSPS) is 27.1. The Bertz CT molecular complexity index is 439. The molecule has 2 aliphatic rings. The zero-order chi connectivity index (χ0) is 14.5. The van der Waals surface area contributed by atoms with E-state index in [9.17, 15) is 0 Å². The fourth-order valence-corrected chi connectivity index (χ4v) is 5.56. The number of hydrogen-bond acceptors (Lipinski definition) is 2. The maximum atomic E-state index is 3.81. The van der Waals surface area contributed by atoms with Gasteiger partial charge in [-0.15, -0.1) is 0 Å². The van der Waals surface area contributed by atoms with Gasteiger partial charge in [0.2, 0.25) is 0 Å². The molecule has 0 aromatic heterocycles. The standard InChI is InChI=1S/C19H29NS/c1-2-20-18(19-12-5-6-13-21-19)14-16-10-7-9-15-8-3-4-11-17(15)16/h3-4,8,11,16,18-20H,2,5-7,9-10,12-14H2,1H3. The third-order valence-electron chi connectivity index (χ3n) is 5.16. The molecule has 0 bridgehead atoms. The molecular weight excluding hydrogens is 274 g/mol. The maximum absolute atomic E-state index is 3.81. The Morgan fingerprint density at radius 2 is 2.10 bits per heavy atom. The molecule has 1 saturated heterocycles. The summed E-state index contributed by atoms with van der Waals surface area (Å²) in [6.07, 6.45) is 9.65. The van der Waals surface area contributed by atoms with Gasteiger partial charge in [-0.05, 0) is 67.9 Å². The van der Waals surface area contributed by atoms with Crippen LogP contribution in [0.5, 0.6) is 0 Å². The molecule has 116 valence electrons. The number of hydrogen-bond donors (Lipinski definition) is 1. The Labute approximate surface area is 134 Å². The fourth-order valence-electron chi connectivity index (χ4n) is 4.12. The summed E-state index contributed by atoms with van der Waals surface area (Å²) >= 11 is 2.22. The van der Waals surface area contributed by atoms with E-state index in [0.717, 1.165) is 17.7 Å². The van der Waals surface area contributed by atoms with E-state index in [4.69, 9.17) is 0 Å². The van der Waals surface area contributed by atoms with Crippen molar-refractivity contribution in [1.29, 1.82) is 0 Å². The third-order valence-corrected chi connectivity index (χ3v) is 6.68. The van der Waals surface area contributed by atoms with E-state index in [2.05, 4.69) is 48.3 Å². The highest BCUT2D eigenvalue weighted by Crippen LogP contribution is 2.38. The Morgan fingerprint density at radius 3 is 2.90 bits per heavy atom. The van der Waals surface area contributed by atoms with E-state index < -0.39 is 0 Å². The van der Waals surface area contributed by atoms with Crippen molar-refractivity contribution in [2.75, 3.05) is 12.3 Å². The lowest BCUT2D eigenvalue weighted by molar-refractivity contribution is 0.393. The minimum Gasteiger partial charge on any atom is -0.313 e. The summed E-state index contributed by atoms with van der Waals surface area (Å²) < 4.78 is 0. The van der Waals surface area contributed by atoms with Crippen LogP contribution in [0.3, 0.4) is 0 Å². The summed E-state index contributed by atoms with van der Waals surface area (Å²) in [4.78, 5) is 0. The molecule has 21 heavy (non-hydrogen) atoms. The summed E-state index contributed by atoms with van der Waals surface area (Å²) in [5.74, 6) is 2.15. The SMILES string of the molecule is CCNC(CC1CCCc2ccccc21)C1CCCCS1. The second kappa shape index (κ2) is 7.69. The van der Waals surface area contributed by atoms with Gasteiger partial charge in [-0.1, -0.05) is 37.6 Å². The summed E-state index contributed by atoms with van der Waals surface area (Å²) in [6, 6.07) is 9.88. The summed E-state index contributed by atoms with van der Waals surface area (Å²) in [5.41, 5.74) is 3.26. The molecule has 1 nitrogen and oxygen atoms in total. The minimum atomic E-state index is 0.705. The highest BCUT2D eigenvalue weighted by Gasteiger charge is 2.28. The van der Waals surface area contributed by atoms with Crippen LogP contribution in [0.15, 0.2) is 24.3 Å². The van der Waals surface area contributed by atoms with Crippen molar-refractivity contribution in [3.63, 3.8) is 0 Å². The maximum Gasteiger partial charge on any atom is 0.0201 e. The molecule has 3 atom stereocenters. The topological polar surface area (TPSA) is 12.0 Å². The number of aryl methyl sites for hydroxylation is 1. The molecule has 0 radical (unpaired) electrons. The van der Waals surface area contributed by atoms with Crippen molar-refractivity contribution >= 4 is 11.8 Å². The largest absolute Gasteiger partial charge is 0.313 e. The first-order valence-electron chi connectivity index (χ1n) is 8.81. The minimum absolute atomic E-state index is 0.705. The first kappa shape index (κ1) is 15.4. The van der Waals surface area contributed by atoms with Gasteiger partial charge in [0.15, 0.2) is 0 Å².